The molecule has 0 amide bonds. The Kier molecular flexibility index (Phi) is 9.01. The maximum absolute atomic E-state index is 14.1. The SMILES string of the molecule is O=C(O)c1ccc2c(c1)N(CCO)C(CN1CCC(c3cccc(OCc4ccc(Cl)cc4F)n3)CC1)=C[I-]2. The summed E-state index contributed by atoms with van der Waals surface area (Å²) in [7, 11) is 0. The number of nitrogens with zero attached hydrogens (tertiary/aromatic N) is 3. The number of benzene rings is 2. The Morgan fingerprint density at radius 3 is 2.72 bits per heavy atom. The first-order chi connectivity index (χ1) is 18.9. The topological polar surface area (TPSA) is 86.1 Å². The molecule has 1 saturated heterocycles. The van der Waals surface area contributed by atoms with E-state index in [1.54, 1.807) is 30.3 Å². The molecule has 0 aliphatic carbocycles. The number of carboxylic acid groups (broad SMARTS) is 1. The van der Waals surface area contributed by atoms with E-state index in [2.05, 4.69) is 13.9 Å². The van der Waals surface area contributed by atoms with Crippen LogP contribution >= 0.6 is 11.6 Å². The Balaban J connectivity index is 1.19. The van der Waals surface area contributed by atoms with Gasteiger partial charge in [0.05, 0.1) is 0 Å². The molecule has 1 fully saturated rings. The number of halogens is 3. The van der Waals surface area contributed by atoms with Crippen molar-refractivity contribution in [3.8, 4) is 5.88 Å². The van der Waals surface area contributed by atoms with E-state index in [-0.39, 0.29) is 40.0 Å². The number of pyridine rings is 1. The monoisotopic (exact) mass is 664 g/mol. The summed E-state index contributed by atoms with van der Waals surface area (Å²) in [5.74, 6) is -0.570. The average Bonchev–Trinajstić information content (AvgIpc) is 2.94. The van der Waals surface area contributed by atoms with Crippen LogP contribution in [0.15, 0.2) is 64.4 Å². The minimum atomic E-state index is -0.946. The second-order valence-electron chi connectivity index (χ2n) is 9.53. The van der Waals surface area contributed by atoms with Crippen molar-refractivity contribution in [3.63, 3.8) is 0 Å². The Morgan fingerprint density at radius 1 is 1.15 bits per heavy atom. The quantitative estimate of drug-likeness (QED) is 0.339. The van der Waals surface area contributed by atoms with E-state index in [4.69, 9.17) is 21.3 Å². The number of aromatic carboxylic acids is 1. The molecular formula is C29H29ClFIN3O4-. The van der Waals surface area contributed by atoms with Gasteiger partial charge in [-0.1, -0.05) is 17.7 Å². The normalized spacial score (nSPS) is 16.3. The van der Waals surface area contributed by atoms with E-state index >= 15 is 0 Å². The third-order valence-electron chi connectivity index (χ3n) is 6.98. The van der Waals surface area contributed by atoms with E-state index in [1.807, 2.05) is 18.2 Å². The van der Waals surface area contributed by atoms with Crippen molar-refractivity contribution >= 4 is 23.3 Å². The van der Waals surface area contributed by atoms with Gasteiger partial charge >= 0.3 is 192 Å². The van der Waals surface area contributed by atoms with Gasteiger partial charge in [-0.2, -0.15) is 0 Å². The molecule has 3 heterocycles. The van der Waals surface area contributed by atoms with Gasteiger partial charge < -0.3 is 0 Å². The van der Waals surface area contributed by atoms with Gasteiger partial charge in [-0.3, -0.25) is 0 Å². The molecule has 0 unspecified atom stereocenters. The molecule has 0 radical (unpaired) electrons. The van der Waals surface area contributed by atoms with Crippen molar-refractivity contribution < 1.29 is 45.3 Å². The summed E-state index contributed by atoms with van der Waals surface area (Å²) in [6.45, 7) is 3.06. The summed E-state index contributed by atoms with van der Waals surface area (Å²) in [4.78, 5) is 20.7. The summed E-state index contributed by atoms with van der Waals surface area (Å²) < 4.78 is 23.3. The standard InChI is InChI=1S/C29H29ClFIN3O4/c30-22-6-4-21(24(31)15-22)18-39-28-3-1-2-26(33-28)19-8-10-34(11-9-19)17-23-16-32-25-7-5-20(29(37)38)14-27(25)35(23)12-13-36/h1-7,14-16,19,36H,8-13,17-18H2,(H,37,38)/q-1. The Morgan fingerprint density at radius 2 is 1.97 bits per heavy atom. The Hall–Kier alpha value is -2.73. The summed E-state index contributed by atoms with van der Waals surface area (Å²) in [6.07, 6.45) is 1.90. The summed E-state index contributed by atoms with van der Waals surface area (Å²) >= 11 is 5.45. The molecule has 2 aliphatic heterocycles. The van der Waals surface area contributed by atoms with E-state index in [0.29, 0.717) is 28.9 Å². The first kappa shape index (κ1) is 27.8. The summed E-state index contributed by atoms with van der Waals surface area (Å²) in [5.41, 5.74) is 3.71. The molecule has 10 heteroatoms. The fraction of sp³-hybridized carbons (Fsp3) is 0.310. The van der Waals surface area contributed by atoms with Gasteiger partial charge in [0.25, 0.3) is 0 Å². The van der Waals surface area contributed by atoms with Crippen LogP contribution in [-0.4, -0.2) is 58.9 Å². The minimum absolute atomic E-state index is 0.0107. The molecule has 0 saturated carbocycles. The fourth-order valence-electron chi connectivity index (χ4n) is 4.91. The second-order valence-corrected chi connectivity index (χ2v) is 12.4. The molecular weight excluding hydrogens is 636 g/mol. The van der Waals surface area contributed by atoms with Gasteiger partial charge in [0, 0.05) is 10.6 Å². The molecule has 3 aromatic rings. The number of rotatable bonds is 9. The van der Waals surface area contributed by atoms with E-state index < -0.39 is 11.8 Å². The molecule has 2 aliphatic rings. The number of anilines is 1. The van der Waals surface area contributed by atoms with Crippen LogP contribution in [0, 0.1) is 9.39 Å². The van der Waals surface area contributed by atoms with E-state index in [1.165, 1.54) is 9.64 Å². The average molecular weight is 665 g/mol. The fourth-order valence-corrected chi connectivity index (χ4v) is 7.45. The van der Waals surface area contributed by atoms with E-state index in [0.717, 1.165) is 49.6 Å². The van der Waals surface area contributed by atoms with Crippen molar-refractivity contribution in [3.05, 3.63) is 95.6 Å². The van der Waals surface area contributed by atoms with Crippen molar-refractivity contribution in [2.45, 2.75) is 25.4 Å². The van der Waals surface area contributed by atoms with Gasteiger partial charge in [0.2, 0.25) is 0 Å². The number of aliphatic hydroxyl groups is 1. The molecule has 206 valence electrons. The third kappa shape index (κ3) is 6.71. The number of fused-ring (bicyclic) bond motifs is 1. The number of aromatic nitrogens is 1. The number of carboxylic acids is 1. The first-order valence-corrected chi connectivity index (χ1v) is 15.5. The van der Waals surface area contributed by atoms with Crippen LogP contribution < -0.4 is 30.8 Å². The zero-order chi connectivity index (χ0) is 27.4. The van der Waals surface area contributed by atoms with Gasteiger partial charge in [-0.25, -0.2) is 4.39 Å². The Labute approximate surface area is 242 Å². The van der Waals surface area contributed by atoms with Gasteiger partial charge in [0.1, 0.15) is 5.82 Å². The second kappa shape index (κ2) is 12.6. The van der Waals surface area contributed by atoms with Crippen LogP contribution in [-0.2, 0) is 6.61 Å². The zero-order valence-corrected chi connectivity index (χ0v) is 24.1. The molecule has 1 aromatic heterocycles. The summed E-state index contributed by atoms with van der Waals surface area (Å²) in [5, 5.41) is 19.5. The van der Waals surface area contributed by atoms with Crippen LogP contribution in [0.2, 0.25) is 5.02 Å². The predicted octanol–water partition coefficient (Wildman–Crippen LogP) is 1.94. The molecule has 0 bridgehead atoms. The number of ether oxygens (including phenoxy) is 1. The summed E-state index contributed by atoms with van der Waals surface area (Å²) in [6, 6.07) is 15.6. The number of piperidine rings is 1. The number of likely N-dealkylation sites (tertiary alicyclic amines) is 1. The van der Waals surface area contributed by atoms with Crippen LogP contribution in [0.1, 0.15) is 40.4 Å². The van der Waals surface area contributed by atoms with Gasteiger partial charge in [0.15, 0.2) is 0 Å². The molecule has 0 spiro atoms. The maximum atomic E-state index is 14.1. The van der Waals surface area contributed by atoms with Crippen LogP contribution in [0.25, 0.3) is 0 Å². The Bertz CT molecular complexity index is 1380. The van der Waals surface area contributed by atoms with Crippen LogP contribution in [0.3, 0.4) is 0 Å². The molecule has 0 atom stereocenters. The molecule has 39 heavy (non-hydrogen) atoms. The molecule has 5 rings (SSSR count). The number of hydrogen-bond acceptors (Lipinski definition) is 6. The van der Waals surface area contributed by atoms with Crippen molar-refractivity contribution in [1.82, 2.24) is 9.88 Å². The predicted molar refractivity (Wildman–Crippen MR) is 143 cm³/mol. The number of carbonyl (C=O) groups is 1. The number of aliphatic hydroxyl groups excluding tert-OH is 1. The number of β-amino-alcohol motifs (C(OH)–C–C–N with tert-alkyl or cyclic N) is 1. The van der Waals surface area contributed by atoms with Crippen molar-refractivity contribution in [2.24, 2.45) is 0 Å². The zero-order valence-electron chi connectivity index (χ0n) is 21.2. The van der Waals surface area contributed by atoms with Gasteiger partial charge in [-0.15, -0.1) is 0 Å². The van der Waals surface area contributed by atoms with Gasteiger partial charge in [-0.05, 0) is 12.1 Å². The first-order valence-electron chi connectivity index (χ1n) is 12.8. The molecule has 7 nitrogen and oxygen atoms in total. The van der Waals surface area contributed by atoms with Crippen molar-refractivity contribution in [1.29, 1.82) is 0 Å². The molecule has 2 N–H and O–H groups in total. The van der Waals surface area contributed by atoms with Crippen LogP contribution in [0.4, 0.5) is 10.1 Å². The molecule has 2 aromatic carbocycles. The van der Waals surface area contributed by atoms with Crippen LogP contribution in [0.5, 0.6) is 5.88 Å². The van der Waals surface area contributed by atoms with Crippen molar-refractivity contribution in [2.75, 3.05) is 37.7 Å². The number of hydrogen-bond donors (Lipinski definition) is 2. The third-order valence-corrected chi connectivity index (χ3v) is 9.83. The van der Waals surface area contributed by atoms with E-state index in [9.17, 15) is 19.4 Å².